The van der Waals surface area contributed by atoms with E-state index in [9.17, 15) is 0 Å². The molecule has 0 amide bonds. The van der Waals surface area contributed by atoms with E-state index in [4.69, 9.17) is 0 Å². The predicted octanol–water partition coefficient (Wildman–Crippen LogP) is 2.27. The Bertz CT molecular complexity index is 263. The number of rotatable bonds is 4. The Labute approximate surface area is 80.1 Å². The first kappa shape index (κ1) is 10.1. The van der Waals surface area contributed by atoms with Gasteiger partial charge < -0.3 is 5.32 Å². The molecule has 0 radical (unpaired) electrons. The van der Waals surface area contributed by atoms with Gasteiger partial charge in [-0.3, -0.25) is 4.68 Å². The Kier molecular flexibility index (Phi) is 2.96. The van der Waals surface area contributed by atoms with Crippen LogP contribution in [0, 0.1) is 5.41 Å². The van der Waals surface area contributed by atoms with Gasteiger partial charge in [0.2, 0.25) is 0 Å². The standard InChI is InChI=1S/C10H19N3/c1-5-10(2,3)8-11-9-6-7-12-13(9)4/h6-7,11H,5,8H2,1-4H3. The summed E-state index contributed by atoms with van der Waals surface area (Å²) in [5, 5.41) is 7.48. The van der Waals surface area contributed by atoms with Gasteiger partial charge >= 0.3 is 0 Å². The molecule has 3 heteroatoms. The highest BCUT2D eigenvalue weighted by molar-refractivity contribution is 5.33. The first-order chi connectivity index (χ1) is 6.05. The molecule has 0 saturated carbocycles. The van der Waals surface area contributed by atoms with Crippen LogP contribution in [0.25, 0.3) is 0 Å². The highest BCUT2D eigenvalue weighted by Gasteiger charge is 2.14. The largest absolute Gasteiger partial charge is 0.370 e. The minimum Gasteiger partial charge on any atom is -0.370 e. The van der Waals surface area contributed by atoms with E-state index in [1.54, 1.807) is 6.20 Å². The Morgan fingerprint density at radius 1 is 1.54 bits per heavy atom. The average molecular weight is 181 g/mol. The number of nitrogens with zero attached hydrogens (tertiary/aromatic N) is 2. The van der Waals surface area contributed by atoms with E-state index in [0.717, 1.165) is 12.4 Å². The fourth-order valence-electron chi connectivity index (χ4n) is 1.00. The van der Waals surface area contributed by atoms with Crippen molar-refractivity contribution in [2.45, 2.75) is 27.2 Å². The fourth-order valence-corrected chi connectivity index (χ4v) is 1.00. The van der Waals surface area contributed by atoms with E-state index in [1.807, 2.05) is 17.8 Å². The minimum atomic E-state index is 0.351. The van der Waals surface area contributed by atoms with Gasteiger partial charge in [-0.2, -0.15) is 5.10 Å². The summed E-state index contributed by atoms with van der Waals surface area (Å²) < 4.78 is 1.85. The van der Waals surface area contributed by atoms with Crippen LogP contribution in [0.5, 0.6) is 0 Å². The Morgan fingerprint density at radius 2 is 2.23 bits per heavy atom. The second-order valence-electron chi connectivity index (χ2n) is 4.21. The zero-order chi connectivity index (χ0) is 9.90. The van der Waals surface area contributed by atoms with Crippen molar-refractivity contribution >= 4 is 5.82 Å². The maximum absolute atomic E-state index is 4.10. The van der Waals surface area contributed by atoms with Crippen LogP contribution in [0.4, 0.5) is 5.82 Å². The summed E-state index contributed by atoms with van der Waals surface area (Å²) >= 11 is 0. The highest BCUT2D eigenvalue weighted by Crippen LogP contribution is 2.19. The van der Waals surface area contributed by atoms with Gasteiger partial charge in [0.15, 0.2) is 0 Å². The Morgan fingerprint density at radius 3 is 2.69 bits per heavy atom. The summed E-state index contributed by atoms with van der Waals surface area (Å²) in [7, 11) is 1.95. The molecule has 0 aliphatic rings. The molecule has 0 atom stereocenters. The zero-order valence-corrected chi connectivity index (χ0v) is 8.96. The third kappa shape index (κ3) is 2.76. The molecule has 0 aromatic carbocycles. The van der Waals surface area contributed by atoms with Crippen molar-refractivity contribution in [1.82, 2.24) is 9.78 Å². The molecule has 0 aliphatic heterocycles. The molecule has 0 unspecified atom stereocenters. The Balaban J connectivity index is 2.48. The fraction of sp³-hybridized carbons (Fsp3) is 0.700. The number of hydrogen-bond acceptors (Lipinski definition) is 2. The number of aryl methyl sites for hydroxylation is 1. The van der Waals surface area contributed by atoms with E-state index in [0.29, 0.717) is 5.41 Å². The van der Waals surface area contributed by atoms with Crippen LogP contribution in [-0.2, 0) is 7.05 Å². The maximum atomic E-state index is 4.10. The first-order valence-electron chi connectivity index (χ1n) is 4.77. The summed E-state index contributed by atoms with van der Waals surface area (Å²) in [5.74, 6) is 1.08. The molecule has 1 aromatic heterocycles. The zero-order valence-electron chi connectivity index (χ0n) is 8.96. The molecule has 74 valence electrons. The van der Waals surface area contributed by atoms with Crippen molar-refractivity contribution in [2.75, 3.05) is 11.9 Å². The van der Waals surface area contributed by atoms with Gasteiger partial charge in [-0.25, -0.2) is 0 Å². The minimum absolute atomic E-state index is 0.351. The molecule has 3 nitrogen and oxygen atoms in total. The van der Waals surface area contributed by atoms with Crippen molar-refractivity contribution in [1.29, 1.82) is 0 Å². The van der Waals surface area contributed by atoms with E-state index in [-0.39, 0.29) is 0 Å². The van der Waals surface area contributed by atoms with Gasteiger partial charge in [-0.1, -0.05) is 20.8 Å². The lowest BCUT2D eigenvalue weighted by molar-refractivity contribution is 0.376. The van der Waals surface area contributed by atoms with Gasteiger partial charge in [0, 0.05) is 19.7 Å². The van der Waals surface area contributed by atoms with Crippen LogP contribution in [0.15, 0.2) is 12.3 Å². The molecule has 1 heterocycles. The van der Waals surface area contributed by atoms with Gasteiger partial charge in [0.1, 0.15) is 5.82 Å². The summed E-state index contributed by atoms with van der Waals surface area (Å²) in [6, 6.07) is 1.99. The summed E-state index contributed by atoms with van der Waals surface area (Å²) in [4.78, 5) is 0. The normalized spacial score (nSPS) is 11.7. The van der Waals surface area contributed by atoms with E-state index in [1.165, 1.54) is 6.42 Å². The average Bonchev–Trinajstić information content (AvgIpc) is 2.48. The van der Waals surface area contributed by atoms with Crippen LogP contribution in [0.1, 0.15) is 27.2 Å². The van der Waals surface area contributed by atoms with Crippen LogP contribution < -0.4 is 5.32 Å². The van der Waals surface area contributed by atoms with Crippen molar-refractivity contribution < 1.29 is 0 Å². The summed E-state index contributed by atoms with van der Waals surface area (Å²) in [5.41, 5.74) is 0.351. The van der Waals surface area contributed by atoms with Gasteiger partial charge in [0.25, 0.3) is 0 Å². The number of nitrogens with one attached hydrogen (secondary N) is 1. The highest BCUT2D eigenvalue weighted by atomic mass is 15.3. The third-order valence-electron chi connectivity index (χ3n) is 2.53. The monoisotopic (exact) mass is 181 g/mol. The van der Waals surface area contributed by atoms with E-state index < -0.39 is 0 Å². The van der Waals surface area contributed by atoms with Gasteiger partial charge in [-0.05, 0) is 11.8 Å². The molecule has 1 rings (SSSR count). The lowest BCUT2D eigenvalue weighted by Crippen LogP contribution is -2.22. The third-order valence-corrected chi connectivity index (χ3v) is 2.53. The molecule has 0 bridgehead atoms. The number of aromatic nitrogens is 2. The van der Waals surface area contributed by atoms with Crippen molar-refractivity contribution in [3.8, 4) is 0 Å². The van der Waals surface area contributed by atoms with Crippen molar-refractivity contribution in [3.05, 3.63) is 12.3 Å². The molecule has 13 heavy (non-hydrogen) atoms. The first-order valence-corrected chi connectivity index (χ1v) is 4.77. The maximum Gasteiger partial charge on any atom is 0.123 e. The second kappa shape index (κ2) is 3.81. The SMILES string of the molecule is CCC(C)(C)CNc1ccnn1C. The molecule has 0 spiro atoms. The van der Waals surface area contributed by atoms with E-state index in [2.05, 4.69) is 31.2 Å². The number of anilines is 1. The van der Waals surface area contributed by atoms with Gasteiger partial charge in [-0.15, -0.1) is 0 Å². The molecule has 0 saturated heterocycles. The molecular weight excluding hydrogens is 162 g/mol. The Hall–Kier alpha value is -0.990. The lowest BCUT2D eigenvalue weighted by atomic mass is 9.90. The molecule has 0 aliphatic carbocycles. The predicted molar refractivity (Wildman–Crippen MR) is 55.8 cm³/mol. The summed E-state index contributed by atoms with van der Waals surface area (Å²) in [6.07, 6.45) is 2.99. The van der Waals surface area contributed by atoms with Crippen molar-refractivity contribution in [3.63, 3.8) is 0 Å². The smallest absolute Gasteiger partial charge is 0.123 e. The second-order valence-corrected chi connectivity index (χ2v) is 4.21. The number of hydrogen-bond donors (Lipinski definition) is 1. The quantitative estimate of drug-likeness (QED) is 0.772. The van der Waals surface area contributed by atoms with Crippen LogP contribution in [0.3, 0.4) is 0 Å². The van der Waals surface area contributed by atoms with E-state index >= 15 is 0 Å². The topological polar surface area (TPSA) is 29.9 Å². The summed E-state index contributed by atoms with van der Waals surface area (Å²) in [6.45, 7) is 7.72. The van der Waals surface area contributed by atoms with Gasteiger partial charge in [0.05, 0.1) is 6.20 Å². The molecular formula is C10H19N3. The van der Waals surface area contributed by atoms with Crippen LogP contribution >= 0.6 is 0 Å². The van der Waals surface area contributed by atoms with Crippen LogP contribution in [-0.4, -0.2) is 16.3 Å². The molecule has 0 fully saturated rings. The lowest BCUT2D eigenvalue weighted by Gasteiger charge is -2.23. The molecule has 1 N–H and O–H groups in total. The van der Waals surface area contributed by atoms with Crippen molar-refractivity contribution in [2.24, 2.45) is 12.5 Å². The van der Waals surface area contributed by atoms with Crippen LogP contribution in [0.2, 0.25) is 0 Å². The molecule has 1 aromatic rings.